The molecular formula is C23H30FN3O5. The summed E-state index contributed by atoms with van der Waals surface area (Å²) < 4.78 is 17.2. The highest BCUT2D eigenvalue weighted by Gasteiger charge is 2.25. The Kier molecular flexibility index (Phi) is 6.81. The van der Waals surface area contributed by atoms with E-state index in [1.165, 1.54) is 12.5 Å². The monoisotopic (exact) mass is 447 g/mol. The molecule has 0 spiro atoms. The maximum atomic E-state index is 15.0. The molecule has 0 amide bonds. The molecule has 2 fully saturated rings. The zero-order valence-electron chi connectivity index (χ0n) is 18.1. The van der Waals surface area contributed by atoms with Crippen LogP contribution < -0.4 is 21.4 Å². The molecule has 1 aromatic carbocycles. The molecule has 2 aliphatic carbocycles. The van der Waals surface area contributed by atoms with Gasteiger partial charge in [-0.25, -0.2) is 9.18 Å². The van der Waals surface area contributed by atoms with E-state index in [-0.39, 0.29) is 36.9 Å². The van der Waals surface area contributed by atoms with Gasteiger partial charge in [0, 0.05) is 18.5 Å². The van der Waals surface area contributed by atoms with Crippen molar-refractivity contribution in [2.24, 2.45) is 0 Å². The zero-order valence-corrected chi connectivity index (χ0v) is 18.1. The van der Waals surface area contributed by atoms with Crippen molar-refractivity contribution in [2.75, 3.05) is 11.9 Å². The van der Waals surface area contributed by atoms with Crippen molar-refractivity contribution in [1.29, 1.82) is 0 Å². The van der Waals surface area contributed by atoms with Crippen molar-refractivity contribution in [3.05, 3.63) is 38.8 Å². The van der Waals surface area contributed by atoms with Crippen LogP contribution in [0.25, 0.3) is 10.9 Å². The highest BCUT2D eigenvalue weighted by Crippen LogP contribution is 2.32. The second kappa shape index (κ2) is 9.75. The molecule has 0 aliphatic heterocycles. The molecule has 0 saturated heterocycles. The smallest absolute Gasteiger partial charge is 0.365 e. The number of nitrogens with zero attached hydrogens (tertiary/aromatic N) is 2. The van der Waals surface area contributed by atoms with Crippen LogP contribution in [0.4, 0.5) is 10.1 Å². The Labute approximate surface area is 184 Å². The summed E-state index contributed by atoms with van der Waals surface area (Å²) in [6.45, 7) is -0.0958. The van der Waals surface area contributed by atoms with Gasteiger partial charge in [-0.05, 0) is 44.2 Å². The fraction of sp³-hybridized carbons (Fsp3) is 0.609. The molecule has 2 saturated carbocycles. The molecule has 2 N–H and O–H groups in total. The van der Waals surface area contributed by atoms with Crippen LogP contribution in [-0.2, 0) is 4.79 Å². The highest BCUT2D eigenvalue weighted by molar-refractivity contribution is 5.82. The number of nitrogens with one attached hydrogen (secondary N) is 1. The second-order valence-corrected chi connectivity index (χ2v) is 8.85. The Balaban J connectivity index is 1.76. The van der Waals surface area contributed by atoms with Gasteiger partial charge in [-0.2, -0.15) is 0 Å². The van der Waals surface area contributed by atoms with Gasteiger partial charge >= 0.3 is 11.7 Å². The molecule has 0 bridgehead atoms. The molecule has 2 aliphatic rings. The van der Waals surface area contributed by atoms with Gasteiger partial charge in [0.15, 0.2) is 0 Å². The number of carboxylic acid groups (broad SMARTS) is 1. The quantitative estimate of drug-likeness (QED) is 0.601. The molecule has 32 heavy (non-hydrogen) atoms. The summed E-state index contributed by atoms with van der Waals surface area (Å²) in [5.41, 5.74) is -0.593. The van der Waals surface area contributed by atoms with E-state index in [2.05, 4.69) is 5.32 Å². The third-order valence-corrected chi connectivity index (χ3v) is 6.55. The number of fused-ring (bicyclic) bond motifs is 1. The normalized spacial score (nSPS) is 17.7. The van der Waals surface area contributed by atoms with Crippen LogP contribution in [0.15, 0.2) is 21.7 Å². The zero-order chi connectivity index (χ0) is 22.7. The van der Waals surface area contributed by atoms with Crippen LogP contribution in [0.5, 0.6) is 0 Å². The number of hydrogen-bond donors (Lipinski definition) is 2. The van der Waals surface area contributed by atoms with E-state index >= 15 is 0 Å². The van der Waals surface area contributed by atoms with E-state index in [0.29, 0.717) is 15.9 Å². The number of carbonyl (C=O) groups is 1. The number of aliphatic carboxylic acids is 1. The Morgan fingerprint density at radius 1 is 1.09 bits per heavy atom. The molecule has 4 rings (SSSR count). The summed E-state index contributed by atoms with van der Waals surface area (Å²) in [5, 5.41) is 12.1. The minimum absolute atomic E-state index is 0.0847. The number of anilines is 1. The Hall–Kier alpha value is -2.84. The van der Waals surface area contributed by atoms with E-state index in [0.717, 1.165) is 51.4 Å². The summed E-state index contributed by atoms with van der Waals surface area (Å²) in [5.74, 6) is -1.52. The molecule has 1 heterocycles. The molecule has 0 atom stereocenters. The fourth-order valence-corrected chi connectivity index (χ4v) is 4.92. The Morgan fingerprint density at radius 2 is 1.78 bits per heavy atom. The van der Waals surface area contributed by atoms with Crippen LogP contribution >= 0.6 is 0 Å². The fourth-order valence-electron chi connectivity index (χ4n) is 4.92. The molecule has 2 aromatic rings. The van der Waals surface area contributed by atoms with Gasteiger partial charge in [-0.15, -0.1) is 0 Å². The summed E-state index contributed by atoms with van der Waals surface area (Å²) in [6, 6.07) is 2.87. The van der Waals surface area contributed by atoms with E-state index < -0.39 is 23.0 Å². The van der Waals surface area contributed by atoms with Gasteiger partial charge in [0.25, 0.3) is 5.56 Å². The first-order valence-corrected chi connectivity index (χ1v) is 11.6. The van der Waals surface area contributed by atoms with Gasteiger partial charge in [0.1, 0.15) is 12.4 Å². The first kappa shape index (κ1) is 22.4. The van der Waals surface area contributed by atoms with Crippen LogP contribution in [-0.4, -0.2) is 33.0 Å². The molecule has 0 unspecified atom stereocenters. The van der Waals surface area contributed by atoms with Crippen molar-refractivity contribution in [1.82, 2.24) is 9.30 Å². The van der Waals surface area contributed by atoms with Crippen LogP contribution in [0, 0.1) is 5.82 Å². The van der Waals surface area contributed by atoms with E-state index in [9.17, 15) is 18.8 Å². The largest absolute Gasteiger partial charge is 0.481 e. The third-order valence-electron chi connectivity index (χ3n) is 6.55. The number of benzene rings is 1. The second-order valence-electron chi connectivity index (χ2n) is 8.85. The van der Waals surface area contributed by atoms with Gasteiger partial charge in [0.2, 0.25) is 0 Å². The molecule has 174 valence electrons. The van der Waals surface area contributed by atoms with Gasteiger partial charge in [0.05, 0.1) is 16.6 Å². The standard InChI is InChI=1S/C23H30FN3O5/c24-18-13-17-20(14-19(18)25-15-7-2-1-3-8-15)26(16-9-4-5-10-16)23(31)27(22(17)30)32-12-6-11-21(28)29/h13-16,25H,1-12H2,(H,28,29). The van der Waals surface area contributed by atoms with Crippen molar-refractivity contribution in [2.45, 2.75) is 82.7 Å². The lowest BCUT2D eigenvalue weighted by atomic mass is 9.95. The number of aromatic nitrogens is 2. The van der Waals surface area contributed by atoms with Crippen molar-refractivity contribution in [3.8, 4) is 0 Å². The maximum Gasteiger partial charge on any atom is 0.365 e. The first-order valence-electron chi connectivity index (χ1n) is 11.6. The summed E-state index contributed by atoms with van der Waals surface area (Å²) in [4.78, 5) is 42.4. The molecular weight excluding hydrogens is 417 g/mol. The lowest BCUT2D eigenvalue weighted by molar-refractivity contribution is -0.137. The lowest BCUT2D eigenvalue weighted by Gasteiger charge is -2.25. The number of hydrogen-bond acceptors (Lipinski definition) is 5. The van der Waals surface area contributed by atoms with Gasteiger partial charge in [-0.3, -0.25) is 14.2 Å². The third kappa shape index (κ3) is 4.66. The van der Waals surface area contributed by atoms with Crippen molar-refractivity contribution < 1.29 is 19.1 Å². The number of rotatable bonds is 8. The lowest BCUT2D eigenvalue weighted by Crippen LogP contribution is -2.45. The topological polar surface area (TPSA) is 103 Å². The molecule has 0 radical (unpaired) electrons. The average Bonchev–Trinajstić information content (AvgIpc) is 3.29. The Morgan fingerprint density at radius 3 is 2.47 bits per heavy atom. The number of halogens is 1. The van der Waals surface area contributed by atoms with Gasteiger partial charge < -0.3 is 15.3 Å². The summed E-state index contributed by atoms with van der Waals surface area (Å²) >= 11 is 0. The summed E-state index contributed by atoms with van der Waals surface area (Å²) in [6.07, 6.45) is 8.91. The van der Waals surface area contributed by atoms with Crippen LogP contribution in [0.3, 0.4) is 0 Å². The van der Waals surface area contributed by atoms with Crippen molar-refractivity contribution in [3.63, 3.8) is 0 Å². The van der Waals surface area contributed by atoms with Crippen molar-refractivity contribution >= 4 is 22.6 Å². The summed E-state index contributed by atoms with van der Waals surface area (Å²) in [7, 11) is 0. The molecule has 1 aromatic heterocycles. The minimum Gasteiger partial charge on any atom is -0.481 e. The van der Waals surface area contributed by atoms with Crippen LogP contribution in [0.2, 0.25) is 0 Å². The Bertz CT molecular complexity index is 1100. The molecule has 8 nitrogen and oxygen atoms in total. The average molecular weight is 448 g/mol. The first-order chi connectivity index (χ1) is 15.5. The van der Waals surface area contributed by atoms with Crippen LogP contribution in [0.1, 0.15) is 76.7 Å². The predicted molar refractivity (Wildman–Crippen MR) is 119 cm³/mol. The maximum absolute atomic E-state index is 15.0. The van der Waals surface area contributed by atoms with E-state index in [4.69, 9.17) is 9.94 Å². The highest BCUT2D eigenvalue weighted by atomic mass is 19.1. The number of carboxylic acids is 1. The van der Waals surface area contributed by atoms with E-state index in [1.54, 1.807) is 10.6 Å². The SMILES string of the molecule is O=C(O)CCCOn1c(=O)c2cc(F)c(NC3CCCCC3)cc2n(C2CCCC2)c1=O. The minimum atomic E-state index is -0.983. The predicted octanol–water partition coefficient (Wildman–Crippen LogP) is 3.46. The van der Waals surface area contributed by atoms with Gasteiger partial charge in [-0.1, -0.05) is 36.8 Å². The van der Waals surface area contributed by atoms with E-state index in [1.807, 2.05) is 0 Å². The molecule has 9 heteroatoms.